The lowest BCUT2D eigenvalue weighted by atomic mass is 10.1. The van der Waals surface area contributed by atoms with Crippen molar-refractivity contribution in [3.63, 3.8) is 0 Å². The second-order valence-electron chi connectivity index (χ2n) is 4.44. The molecule has 1 heterocycles. The monoisotopic (exact) mass is 271 g/mol. The van der Waals surface area contributed by atoms with Crippen LogP contribution in [0.2, 0.25) is 0 Å². The number of fused-ring (bicyclic) bond motifs is 1. The summed E-state index contributed by atoms with van der Waals surface area (Å²) in [5.41, 5.74) is 1.68. The summed E-state index contributed by atoms with van der Waals surface area (Å²) < 4.78 is 19.1. The molecule has 3 rings (SSSR count). The topological polar surface area (TPSA) is 63.3 Å². The Hall–Kier alpha value is -2.69. The Balaban J connectivity index is 2.20. The maximum absolute atomic E-state index is 13.6. The first kappa shape index (κ1) is 12.3. The van der Waals surface area contributed by atoms with Crippen LogP contribution in [0, 0.1) is 12.7 Å². The fraction of sp³-hybridized carbons (Fsp3) is 0.0667. The largest absolute Gasteiger partial charge is 0.478 e. The summed E-state index contributed by atoms with van der Waals surface area (Å²) in [6.07, 6.45) is 0. The number of hydrogen-bond acceptors (Lipinski definition) is 3. The van der Waals surface area contributed by atoms with E-state index in [1.165, 1.54) is 12.1 Å². The van der Waals surface area contributed by atoms with Gasteiger partial charge in [-0.05, 0) is 36.8 Å². The molecule has 0 unspecified atom stereocenters. The third-order valence-corrected chi connectivity index (χ3v) is 3.07. The molecule has 4 nitrogen and oxygen atoms in total. The summed E-state index contributed by atoms with van der Waals surface area (Å²) in [6, 6.07) is 9.29. The fourth-order valence-electron chi connectivity index (χ4n) is 1.97. The third-order valence-electron chi connectivity index (χ3n) is 3.07. The molecule has 0 radical (unpaired) electrons. The van der Waals surface area contributed by atoms with Gasteiger partial charge in [-0.15, -0.1) is 0 Å². The lowest BCUT2D eigenvalue weighted by Crippen LogP contribution is -1.96. The lowest BCUT2D eigenvalue weighted by molar-refractivity contribution is 0.0699. The summed E-state index contributed by atoms with van der Waals surface area (Å²) in [5, 5.41) is 9.10. The van der Waals surface area contributed by atoms with Gasteiger partial charge in [-0.1, -0.05) is 12.1 Å². The number of oxazole rings is 1. The normalized spacial score (nSPS) is 10.9. The van der Waals surface area contributed by atoms with E-state index in [0.717, 1.165) is 0 Å². The standard InChI is InChI=1S/C15H10FNO3/c1-8-5-6-9(7-11(8)16)14-17-13-10(15(18)19)3-2-4-12(13)20-14/h2-7H,1H3,(H,18,19). The number of benzene rings is 2. The molecule has 2 aromatic carbocycles. The van der Waals surface area contributed by atoms with Crippen molar-refractivity contribution in [2.24, 2.45) is 0 Å². The van der Waals surface area contributed by atoms with E-state index in [2.05, 4.69) is 4.98 Å². The van der Waals surface area contributed by atoms with E-state index in [4.69, 9.17) is 9.52 Å². The Morgan fingerprint density at radius 3 is 2.80 bits per heavy atom. The molecule has 0 bridgehead atoms. The Labute approximate surface area is 113 Å². The van der Waals surface area contributed by atoms with Gasteiger partial charge in [-0.25, -0.2) is 14.2 Å². The van der Waals surface area contributed by atoms with Crippen molar-refractivity contribution in [1.29, 1.82) is 0 Å². The Morgan fingerprint density at radius 1 is 1.30 bits per heavy atom. The summed E-state index contributed by atoms with van der Waals surface area (Å²) in [4.78, 5) is 15.3. The molecular weight excluding hydrogens is 261 g/mol. The number of nitrogens with zero attached hydrogens (tertiary/aromatic N) is 1. The summed E-state index contributed by atoms with van der Waals surface area (Å²) in [6.45, 7) is 1.66. The first-order chi connectivity index (χ1) is 9.56. The third kappa shape index (κ3) is 1.93. The second-order valence-corrected chi connectivity index (χ2v) is 4.44. The van der Waals surface area contributed by atoms with Crippen LogP contribution in [0.1, 0.15) is 15.9 Å². The van der Waals surface area contributed by atoms with Crippen molar-refractivity contribution in [1.82, 2.24) is 4.98 Å². The van der Waals surface area contributed by atoms with Gasteiger partial charge in [0.15, 0.2) is 5.58 Å². The molecule has 100 valence electrons. The van der Waals surface area contributed by atoms with Crippen molar-refractivity contribution in [2.45, 2.75) is 6.92 Å². The van der Waals surface area contributed by atoms with Crippen LogP contribution in [-0.2, 0) is 0 Å². The average molecular weight is 271 g/mol. The quantitative estimate of drug-likeness (QED) is 0.772. The van der Waals surface area contributed by atoms with E-state index >= 15 is 0 Å². The van der Waals surface area contributed by atoms with Crippen LogP contribution in [-0.4, -0.2) is 16.1 Å². The van der Waals surface area contributed by atoms with Crippen molar-refractivity contribution in [3.8, 4) is 11.5 Å². The molecule has 5 heteroatoms. The van der Waals surface area contributed by atoms with Crippen LogP contribution >= 0.6 is 0 Å². The van der Waals surface area contributed by atoms with Crippen molar-refractivity contribution >= 4 is 17.1 Å². The highest BCUT2D eigenvalue weighted by molar-refractivity contribution is 6.00. The number of carboxylic acids is 1. The number of aromatic carboxylic acids is 1. The summed E-state index contributed by atoms with van der Waals surface area (Å²) >= 11 is 0. The SMILES string of the molecule is Cc1ccc(-c2nc3c(C(=O)O)cccc3o2)cc1F. The van der Waals surface area contributed by atoms with Gasteiger partial charge < -0.3 is 9.52 Å². The fourth-order valence-corrected chi connectivity index (χ4v) is 1.97. The smallest absolute Gasteiger partial charge is 0.338 e. The number of para-hydroxylation sites is 1. The van der Waals surface area contributed by atoms with Crippen molar-refractivity contribution in [2.75, 3.05) is 0 Å². The lowest BCUT2D eigenvalue weighted by Gasteiger charge is -1.98. The van der Waals surface area contributed by atoms with Crippen LogP contribution in [0.25, 0.3) is 22.6 Å². The predicted molar refractivity (Wildman–Crippen MR) is 71.1 cm³/mol. The minimum absolute atomic E-state index is 0.0603. The van der Waals surface area contributed by atoms with Crippen LogP contribution in [0.3, 0.4) is 0 Å². The highest BCUT2D eigenvalue weighted by Gasteiger charge is 2.15. The zero-order chi connectivity index (χ0) is 14.3. The molecule has 0 atom stereocenters. The maximum Gasteiger partial charge on any atom is 0.338 e. The molecule has 0 saturated heterocycles. The number of carbonyl (C=O) groups is 1. The van der Waals surface area contributed by atoms with Gasteiger partial charge in [0.2, 0.25) is 5.89 Å². The molecule has 0 spiro atoms. The molecule has 1 aromatic heterocycles. The van der Waals surface area contributed by atoms with E-state index in [1.54, 1.807) is 31.2 Å². The molecule has 0 aliphatic carbocycles. The molecule has 0 amide bonds. The van der Waals surface area contributed by atoms with Gasteiger partial charge in [0, 0.05) is 5.56 Å². The van der Waals surface area contributed by atoms with Gasteiger partial charge in [0.25, 0.3) is 0 Å². The van der Waals surface area contributed by atoms with Gasteiger partial charge in [0.05, 0.1) is 5.56 Å². The summed E-state index contributed by atoms with van der Waals surface area (Å²) in [5.74, 6) is -1.23. The van der Waals surface area contributed by atoms with E-state index in [9.17, 15) is 9.18 Å². The summed E-state index contributed by atoms with van der Waals surface area (Å²) in [7, 11) is 0. The number of hydrogen-bond donors (Lipinski definition) is 1. The number of aromatic nitrogens is 1. The van der Waals surface area contributed by atoms with E-state index in [1.807, 2.05) is 0 Å². The van der Waals surface area contributed by atoms with Gasteiger partial charge in [-0.3, -0.25) is 0 Å². The van der Waals surface area contributed by atoms with E-state index < -0.39 is 5.97 Å². The van der Waals surface area contributed by atoms with Gasteiger partial charge in [0.1, 0.15) is 11.3 Å². The highest BCUT2D eigenvalue weighted by atomic mass is 19.1. The molecule has 3 aromatic rings. The number of aryl methyl sites for hydroxylation is 1. The Morgan fingerprint density at radius 2 is 2.10 bits per heavy atom. The zero-order valence-corrected chi connectivity index (χ0v) is 10.6. The molecule has 0 saturated carbocycles. The highest BCUT2D eigenvalue weighted by Crippen LogP contribution is 2.27. The molecule has 0 fully saturated rings. The van der Waals surface area contributed by atoms with E-state index in [-0.39, 0.29) is 22.8 Å². The predicted octanol–water partition coefficient (Wildman–Crippen LogP) is 3.64. The Kier molecular flexibility index (Phi) is 2.75. The molecule has 0 aliphatic heterocycles. The van der Waals surface area contributed by atoms with Crippen LogP contribution in [0.5, 0.6) is 0 Å². The van der Waals surface area contributed by atoms with Crippen molar-refractivity contribution < 1.29 is 18.7 Å². The average Bonchev–Trinajstić information content (AvgIpc) is 2.85. The van der Waals surface area contributed by atoms with Crippen molar-refractivity contribution in [3.05, 3.63) is 53.3 Å². The molecule has 0 aliphatic rings. The number of carboxylic acid groups (broad SMARTS) is 1. The first-order valence-corrected chi connectivity index (χ1v) is 5.95. The van der Waals surface area contributed by atoms with Gasteiger partial charge in [-0.2, -0.15) is 0 Å². The van der Waals surface area contributed by atoms with Crippen LogP contribution in [0.15, 0.2) is 40.8 Å². The maximum atomic E-state index is 13.6. The Bertz CT molecular complexity index is 823. The molecule has 1 N–H and O–H groups in total. The van der Waals surface area contributed by atoms with Crippen LogP contribution in [0.4, 0.5) is 4.39 Å². The zero-order valence-electron chi connectivity index (χ0n) is 10.6. The minimum atomic E-state index is -1.08. The second kappa shape index (κ2) is 4.45. The van der Waals surface area contributed by atoms with E-state index in [0.29, 0.717) is 16.7 Å². The van der Waals surface area contributed by atoms with Crippen LogP contribution < -0.4 is 0 Å². The number of halogens is 1. The first-order valence-electron chi connectivity index (χ1n) is 5.95. The molecular formula is C15H10FNO3. The minimum Gasteiger partial charge on any atom is -0.478 e. The number of rotatable bonds is 2. The van der Waals surface area contributed by atoms with Gasteiger partial charge >= 0.3 is 5.97 Å². The molecule has 20 heavy (non-hydrogen) atoms.